The van der Waals surface area contributed by atoms with Crippen molar-refractivity contribution in [2.45, 2.75) is 59.1 Å². The number of carbonyl (C=O) groups excluding carboxylic acids is 2. The van der Waals surface area contributed by atoms with E-state index in [1.165, 1.54) is 0 Å². The molecular weight excluding hydrogens is 410 g/mol. The standard InChI is InChI=1S/C23H37N5O4/c1-7-24-20(26-16-23(5,6)27-21(30)32-22(2,3)4)25-13-10-14-28-17-11-8-9-12-18(17)31-15-19(28)29/h8-9,11-12H,7,10,13-16H2,1-6H3,(H,27,30)(H2,24,25,26). The molecule has 2 rings (SSSR count). The number of nitrogens with zero attached hydrogens (tertiary/aromatic N) is 2. The van der Waals surface area contributed by atoms with Crippen molar-refractivity contribution >= 4 is 23.6 Å². The van der Waals surface area contributed by atoms with Gasteiger partial charge in [0.2, 0.25) is 0 Å². The second-order valence-corrected chi connectivity index (χ2v) is 9.29. The van der Waals surface area contributed by atoms with Crippen LogP contribution >= 0.6 is 0 Å². The Balaban J connectivity index is 1.86. The summed E-state index contributed by atoms with van der Waals surface area (Å²) in [5.41, 5.74) is -0.323. The third-order valence-corrected chi connectivity index (χ3v) is 4.48. The fourth-order valence-corrected chi connectivity index (χ4v) is 3.08. The quantitative estimate of drug-likeness (QED) is 0.322. The molecule has 9 nitrogen and oxygen atoms in total. The van der Waals surface area contributed by atoms with Crippen LogP contribution in [-0.2, 0) is 9.53 Å². The van der Waals surface area contributed by atoms with Crippen LogP contribution in [0.25, 0.3) is 0 Å². The Morgan fingerprint density at radius 3 is 2.59 bits per heavy atom. The number of rotatable bonds is 8. The first-order valence-electron chi connectivity index (χ1n) is 11.1. The predicted octanol–water partition coefficient (Wildman–Crippen LogP) is 2.66. The number of benzene rings is 1. The Morgan fingerprint density at radius 1 is 1.19 bits per heavy atom. The van der Waals surface area contributed by atoms with Crippen molar-refractivity contribution in [2.75, 3.05) is 37.7 Å². The minimum Gasteiger partial charge on any atom is -0.482 e. The summed E-state index contributed by atoms with van der Waals surface area (Å²) in [4.78, 5) is 30.7. The molecule has 0 radical (unpaired) electrons. The van der Waals surface area contributed by atoms with Crippen LogP contribution in [0.1, 0.15) is 48.0 Å². The average Bonchev–Trinajstić information content (AvgIpc) is 2.68. The second-order valence-electron chi connectivity index (χ2n) is 9.29. The zero-order chi connectivity index (χ0) is 23.8. The highest BCUT2D eigenvalue weighted by molar-refractivity contribution is 5.97. The molecule has 3 N–H and O–H groups in total. The van der Waals surface area contributed by atoms with Crippen LogP contribution in [-0.4, -0.2) is 61.9 Å². The van der Waals surface area contributed by atoms with Crippen LogP contribution in [0, 0.1) is 0 Å². The van der Waals surface area contributed by atoms with Crippen LogP contribution in [0.5, 0.6) is 5.75 Å². The maximum absolute atomic E-state index is 12.3. The summed E-state index contributed by atoms with van der Waals surface area (Å²) < 4.78 is 10.8. The second kappa shape index (κ2) is 11.1. The van der Waals surface area contributed by atoms with E-state index in [0.29, 0.717) is 32.1 Å². The normalized spacial score (nSPS) is 14.4. The van der Waals surface area contributed by atoms with Gasteiger partial charge >= 0.3 is 6.09 Å². The fourth-order valence-electron chi connectivity index (χ4n) is 3.08. The van der Waals surface area contributed by atoms with Gasteiger partial charge in [0.05, 0.1) is 17.8 Å². The van der Waals surface area contributed by atoms with Crippen LogP contribution in [0.15, 0.2) is 29.3 Å². The largest absolute Gasteiger partial charge is 0.482 e. The van der Waals surface area contributed by atoms with E-state index < -0.39 is 17.2 Å². The number of para-hydroxylation sites is 2. The molecule has 1 aromatic rings. The van der Waals surface area contributed by atoms with Crippen molar-refractivity contribution in [3.8, 4) is 5.75 Å². The molecule has 0 bridgehead atoms. The molecule has 0 atom stereocenters. The Labute approximate surface area is 190 Å². The minimum atomic E-state index is -0.575. The smallest absolute Gasteiger partial charge is 0.408 e. The summed E-state index contributed by atoms with van der Waals surface area (Å²) in [5, 5.41) is 9.35. The van der Waals surface area contributed by atoms with Gasteiger partial charge in [0.25, 0.3) is 5.91 Å². The number of ether oxygens (including phenoxy) is 2. The summed E-state index contributed by atoms with van der Waals surface area (Å²) >= 11 is 0. The lowest BCUT2D eigenvalue weighted by molar-refractivity contribution is -0.121. The van der Waals surface area contributed by atoms with Gasteiger partial charge in [-0.15, -0.1) is 0 Å². The van der Waals surface area contributed by atoms with Crippen molar-refractivity contribution in [2.24, 2.45) is 4.99 Å². The van der Waals surface area contributed by atoms with Gasteiger partial charge in [-0.25, -0.2) is 4.79 Å². The number of guanidine groups is 1. The molecule has 32 heavy (non-hydrogen) atoms. The number of carbonyl (C=O) groups is 2. The summed E-state index contributed by atoms with van der Waals surface area (Å²) in [5.74, 6) is 1.34. The fraction of sp³-hybridized carbons (Fsp3) is 0.609. The van der Waals surface area contributed by atoms with E-state index >= 15 is 0 Å². The SMILES string of the molecule is CCNC(=NCC(C)(C)NC(=O)OC(C)(C)C)NCCCN1C(=O)COc2ccccc21. The molecule has 0 aliphatic carbocycles. The van der Waals surface area contributed by atoms with Gasteiger partial charge in [-0.1, -0.05) is 12.1 Å². The first kappa shape index (κ1) is 25.3. The molecule has 1 aromatic carbocycles. The molecule has 1 aliphatic rings. The average molecular weight is 448 g/mol. The van der Waals surface area contributed by atoms with Crippen molar-refractivity contribution in [3.63, 3.8) is 0 Å². The van der Waals surface area contributed by atoms with Gasteiger partial charge in [-0.3, -0.25) is 9.79 Å². The number of hydrogen-bond donors (Lipinski definition) is 3. The van der Waals surface area contributed by atoms with E-state index in [1.807, 2.05) is 65.8 Å². The van der Waals surface area contributed by atoms with Gasteiger partial charge in [0, 0.05) is 19.6 Å². The van der Waals surface area contributed by atoms with E-state index in [1.54, 1.807) is 4.90 Å². The monoisotopic (exact) mass is 447 g/mol. The number of aliphatic imine (C=N–C) groups is 1. The highest BCUT2D eigenvalue weighted by Gasteiger charge is 2.25. The Morgan fingerprint density at radius 2 is 1.91 bits per heavy atom. The van der Waals surface area contributed by atoms with E-state index in [-0.39, 0.29) is 12.5 Å². The zero-order valence-corrected chi connectivity index (χ0v) is 20.1. The molecule has 2 amide bonds. The van der Waals surface area contributed by atoms with Crippen LogP contribution in [0.2, 0.25) is 0 Å². The first-order valence-corrected chi connectivity index (χ1v) is 11.1. The summed E-state index contributed by atoms with van der Waals surface area (Å²) in [7, 11) is 0. The van der Waals surface area contributed by atoms with Crippen molar-refractivity contribution in [1.29, 1.82) is 0 Å². The summed E-state index contributed by atoms with van der Waals surface area (Å²) in [6.07, 6.45) is 0.274. The number of alkyl carbamates (subject to hydrolysis) is 1. The van der Waals surface area contributed by atoms with Gasteiger partial charge in [0.1, 0.15) is 11.4 Å². The topological polar surface area (TPSA) is 104 Å². The lowest BCUT2D eigenvalue weighted by Crippen LogP contribution is -2.49. The molecule has 1 aliphatic heterocycles. The van der Waals surface area contributed by atoms with Crippen molar-refractivity contribution in [1.82, 2.24) is 16.0 Å². The van der Waals surface area contributed by atoms with E-state index in [4.69, 9.17) is 9.47 Å². The van der Waals surface area contributed by atoms with Crippen LogP contribution < -0.4 is 25.6 Å². The molecule has 0 spiro atoms. The van der Waals surface area contributed by atoms with Gasteiger partial charge in [-0.05, 0) is 60.1 Å². The lowest BCUT2D eigenvalue weighted by atomic mass is 10.1. The highest BCUT2D eigenvalue weighted by Crippen LogP contribution is 2.31. The van der Waals surface area contributed by atoms with Crippen LogP contribution in [0.4, 0.5) is 10.5 Å². The molecule has 0 aromatic heterocycles. The maximum atomic E-state index is 12.3. The number of amides is 2. The first-order chi connectivity index (χ1) is 15.0. The molecule has 0 fully saturated rings. The molecule has 0 unspecified atom stereocenters. The third kappa shape index (κ3) is 8.28. The Bertz CT molecular complexity index is 817. The van der Waals surface area contributed by atoms with Gasteiger partial charge < -0.3 is 30.3 Å². The Hall–Kier alpha value is -2.97. The summed E-state index contributed by atoms with van der Waals surface area (Å²) in [6.45, 7) is 13.6. The van der Waals surface area contributed by atoms with E-state index in [2.05, 4.69) is 20.9 Å². The number of fused-ring (bicyclic) bond motifs is 1. The number of anilines is 1. The molecule has 1 heterocycles. The molecule has 9 heteroatoms. The number of hydrogen-bond acceptors (Lipinski definition) is 5. The molecule has 178 valence electrons. The molecule has 0 saturated carbocycles. The van der Waals surface area contributed by atoms with Crippen molar-refractivity contribution < 1.29 is 19.1 Å². The van der Waals surface area contributed by atoms with E-state index in [9.17, 15) is 9.59 Å². The zero-order valence-electron chi connectivity index (χ0n) is 20.1. The lowest BCUT2D eigenvalue weighted by Gasteiger charge is -2.29. The van der Waals surface area contributed by atoms with Crippen molar-refractivity contribution in [3.05, 3.63) is 24.3 Å². The minimum absolute atomic E-state index is 0.0424. The predicted molar refractivity (Wildman–Crippen MR) is 126 cm³/mol. The third-order valence-electron chi connectivity index (χ3n) is 4.48. The molecule has 0 saturated heterocycles. The van der Waals surface area contributed by atoms with Gasteiger partial charge in [0.15, 0.2) is 12.6 Å². The van der Waals surface area contributed by atoms with Gasteiger partial charge in [-0.2, -0.15) is 0 Å². The molecular formula is C23H37N5O4. The summed E-state index contributed by atoms with van der Waals surface area (Å²) in [6, 6.07) is 7.56. The maximum Gasteiger partial charge on any atom is 0.408 e. The Kier molecular flexibility index (Phi) is 8.74. The number of nitrogens with one attached hydrogen (secondary N) is 3. The highest BCUT2D eigenvalue weighted by atomic mass is 16.6. The van der Waals surface area contributed by atoms with Crippen LogP contribution in [0.3, 0.4) is 0 Å². The van der Waals surface area contributed by atoms with E-state index in [0.717, 1.165) is 17.9 Å².